The minimum Gasteiger partial charge on any atom is -0.457 e. The van der Waals surface area contributed by atoms with Crippen molar-refractivity contribution in [1.82, 2.24) is 0 Å². The van der Waals surface area contributed by atoms with E-state index >= 15 is 0 Å². The number of para-hydroxylation sites is 1. The number of anilines is 1. The molecule has 2 heterocycles. The monoisotopic (exact) mass is 460 g/mol. The van der Waals surface area contributed by atoms with E-state index in [9.17, 15) is 8.42 Å². The van der Waals surface area contributed by atoms with Gasteiger partial charge in [0.05, 0.1) is 11.4 Å². The molecule has 1 N–H and O–H groups in total. The van der Waals surface area contributed by atoms with Crippen LogP contribution in [0, 0.1) is 0 Å². The summed E-state index contributed by atoms with van der Waals surface area (Å²) in [5.41, 5.74) is 4.63. The summed E-state index contributed by atoms with van der Waals surface area (Å²) in [6.07, 6.45) is 1.49. The fourth-order valence-electron chi connectivity index (χ4n) is 3.57. The quantitative estimate of drug-likeness (QED) is 0.356. The molecule has 0 fully saturated rings. The molecule has 0 bridgehead atoms. The molecule has 0 radical (unpaired) electrons. The first-order valence-corrected chi connectivity index (χ1v) is 12.5. The van der Waals surface area contributed by atoms with Crippen molar-refractivity contribution >= 4 is 38.4 Å². The molecule has 0 atom stereocenters. The van der Waals surface area contributed by atoms with Gasteiger partial charge in [0.25, 0.3) is 10.0 Å². The van der Waals surface area contributed by atoms with Crippen LogP contribution in [-0.2, 0) is 22.9 Å². The van der Waals surface area contributed by atoms with E-state index in [0.717, 1.165) is 46.9 Å². The summed E-state index contributed by atoms with van der Waals surface area (Å²) in [7, 11) is -3.57. The standard InChI is InChI=1S/C25H20N2O3S2/c28-32(29,25-7-4-14-31-25)27-20-11-10-19-16-21(26-24(19)17-20)15-18-8-12-23(13-9-18)30-22-5-2-1-3-6-22/h1-14,17,27H,15-16H2. The summed E-state index contributed by atoms with van der Waals surface area (Å²) in [6.45, 7) is 0. The second-order valence-corrected chi connectivity index (χ2v) is 10.3. The lowest BCUT2D eigenvalue weighted by Crippen LogP contribution is -2.11. The van der Waals surface area contributed by atoms with Gasteiger partial charge in [0, 0.05) is 18.6 Å². The van der Waals surface area contributed by atoms with Crippen molar-refractivity contribution in [1.29, 1.82) is 0 Å². The molecule has 0 unspecified atom stereocenters. The number of hydrogen-bond donors (Lipinski definition) is 1. The first-order valence-electron chi connectivity index (χ1n) is 10.1. The Hall–Kier alpha value is -3.42. The molecule has 32 heavy (non-hydrogen) atoms. The lowest BCUT2D eigenvalue weighted by molar-refractivity contribution is 0.482. The number of rotatable bonds is 7. The third kappa shape index (κ3) is 4.59. The van der Waals surface area contributed by atoms with Crippen LogP contribution in [0.1, 0.15) is 11.1 Å². The lowest BCUT2D eigenvalue weighted by Gasteiger charge is -2.07. The zero-order valence-corrected chi connectivity index (χ0v) is 18.7. The number of aliphatic imine (C=N–C) groups is 1. The Kier molecular flexibility index (Phi) is 5.51. The Bertz CT molecular complexity index is 1360. The second-order valence-electron chi connectivity index (χ2n) is 7.47. The molecule has 160 valence electrons. The van der Waals surface area contributed by atoms with Crippen LogP contribution in [0.2, 0.25) is 0 Å². The Morgan fingerprint density at radius 3 is 2.44 bits per heavy atom. The van der Waals surface area contributed by atoms with Gasteiger partial charge in [-0.3, -0.25) is 9.71 Å². The van der Waals surface area contributed by atoms with Gasteiger partial charge in [-0.1, -0.05) is 42.5 Å². The van der Waals surface area contributed by atoms with Crippen molar-refractivity contribution in [3.63, 3.8) is 0 Å². The zero-order valence-electron chi connectivity index (χ0n) is 17.1. The largest absolute Gasteiger partial charge is 0.457 e. The maximum absolute atomic E-state index is 12.5. The van der Waals surface area contributed by atoms with Crippen LogP contribution >= 0.6 is 11.3 Å². The molecular weight excluding hydrogens is 440 g/mol. The van der Waals surface area contributed by atoms with E-state index in [4.69, 9.17) is 9.73 Å². The van der Waals surface area contributed by atoms with Crippen LogP contribution in [0.5, 0.6) is 11.5 Å². The minimum absolute atomic E-state index is 0.293. The summed E-state index contributed by atoms with van der Waals surface area (Å²) in [5.74, 6) is 1.60. The molecule has 0 spiro atoms. The number of nitrogens with one attached hydrogen (secondary N) is 1. The molecule has 5 nitrogen and oxygen atoms in total. The van der Waals surface area contributed by atoms with E-state index in [1.54, 1.807) is 29.6 Å². The number of nitrogens with zero attached hydrogens (tertiary/aromatic N) is 1. The van der Waals surface area contributed by atoms with E-state index in [2.05, 4.69) is 4.72 Å². The van der Waals surface area contributed by atoms with Crippen molar-refractivity contribution in [2.45, 2.75) is 17.1 Å². The highest BCUT2D eigenvalue weighted by Crippen LogP contribution is 2.32. The number of benzene rings is 3. The van der Waals surface area contributed by atoms with E-state index in [1.807, 2.05) is 60.7 Å². The highest BCUT2D eigenvalue weighted by molar-refractivity contribution is 7.94. The average molecular weight is 461 g/mol. The molecule has 1 aromatic heterocycles. The summed E-state index contributed by atoms with van der Waals surface area (Å²) in [5, 5.41) is 1.74. The van der Waals surface area contributed by atoms with E-state index < -0.39 is 10.0 Å². The molecule has 4 aromatic rings. The van der Waals surface area contributed by atoms with Crippen molar-refractivity contribution in [3.05, 3.63) is 101 Å². The average Bonchev–Trinajstić information content (AvgIpc) is 3.46. The molecule has 1 aliphatic rings. The van der Waals surface area contributed by atoms with Crippen LogP contribution in [-0.4, -0.2) is 14.1 Å². The Morgan fingerprint density at radius 1 is 0.906 bits per heavy atom. The number of fused-ring (bicyclic) bond motifs is 1. The van der Waals surface area contributed by atoms with E-state index in [-0.39, 0.29) is 0 Å². The first kappa shape index (κ1) is 20.5. The Morgan fingerprint density at radius 2 is 1.69 bits per heavy atom. The third-order valence-electron chi connectivity index (χ3n) is 5.08. The number of hydrogen-bond acceptors (Lipinski definition) is 5. The van der Waals surface area contributed by atoms with Crippen LogP contribution in [0.3, 0.4) is 0 Å². The summed E-state index contributed by atoms with van der Waals surface area (Å²) in [6, 6.07) is 26.5. The summed E-state index contributed by atoms with van der Waals surface area (Å²) >= 11 is 1.19. The highest BCUT2D eigenvalue weighted by Gasteiger charge is 2.19. The van der Waals surface area contributed by atoms with Gasteiger partial charge in [-0.25, -0.2) is 8.42 Å². The molecule has 5 rings (SSSR count). The van der Waals surface area contributed by atoms with Gasteiger partial charge in [-0.05, 0) is 59.0 Å². The SMILES string of the molecule is O=S(=O)(Nc1ccc2c(c1)N=C(Cc1ccc(Oc3ccccc3)cc1)C2)c1cccs1. The van der Waals surface area contributed by atoms with Crippen molar-refractivity contribution < 1.29 is 13.2 Å². The fourth-order valence-corrected chi connectivity index (χ4v) is 5.61. The van der Waals surface area contributed by atoms with Crippen molar-refractivity contribution in [2.24, 2.45) is 4.99 Å². The molecule has 0 aliphatic carbocycles. The smallest absolute Gasteiger partial charge is 0.271 e. The van der Waals surface area contributed by atoms with E-state index in [1.165, 1.54) is 11.3 Å². The molecule has 0 saturated carbocycles. The lowest BCUT2D eigenvalue weighted by atomic mass is 10.0. The van der Waals surface area contributed by atoms with Crippen LogP contribution in [0.4, 0.5) is 11.4 Å². The predicted octanol–water partition coefficient (Wildman–Crippen LogP) is 6.21. The fraction of sp³-hybridized carbons (Fsp3) is 0.0800. The van der Waals surface area contributed by atoms with Gasteiger partial charge in [0.2, 0.25) is 0 Å². The van der Waals surface area contributed by atoms with E-state index in [0.29, 0.717) is 9.90 Å². The number of thiophene rings is 1. The Balaban J connectivity index is 1.26. The molecular formula is C25H20N2O3S2. The van der Waals surface area contributed by atoms with Gasteiger partial charge in [-0.15, -0.1) is 11.3 Å². The topological polar surface area (TPSA) is 67.8 Å². The van der Waals surface area contributed by atoms with Crippen molar-refractivity contribution in [3.8, 4) is 11.5 Å². The zero-order chi connectivity index (χ0) is 22.0. The Labute approximate surface area is 191 Å². The molecule has 0 amide bonds. The predicted molar refractivity (Wildman–Crippen MR) is 129 cm³/mol. The second kappa shape index (κ2) is 8.61. The van der Waals surface area contributed by atoms with Gasteiger partial charge >= 0.3 is 0 Å². The minimum atomic E-state index is -3.57. The van der Waals surface area contributed by atoms with Crippen LogP contribution in [0.25, 0.3) is 0 Å². The maximum atomic E-state index is 12.5. The van der Waals surface area contributed by atoms with Crippen molar-refractivity contribution in [2.75, 3.05) is 4.72 Å². The highest BCUT2D eigenvalue weighted by atomic mass is 32.2. The molecule has 1 aliphatic heterocycles. The van der Waals surface area contributed by atoms with Gasteiger partial charge in [0.15, 0.2) is 0 Å². The summed E-state index contributed by atoms with van der Waals surface area (Å²) < 4.78 is 33.7. The number of ether oxygens (including phenoxy) is 1. The van der Waals surface area contributed by atoms with Gasteiger partial charge in [-0.2, -0.15) is 0 Å². The van der Waals surface area contributed by atoms with Gasteiger partial charge < -0.3 is 4.74 Å². The molecule has 7 heteroatoms. The molecule has 0 saturated heterocycles. The maximum Gasteiger partial charge on any atom is 0.271 e. The molecule has 3 aromatic carbocycles. The third-order valence-corrected chi connectivity index (χ3v) is 7.86. The number of sulfonamides is 1. The van der Waals surface area contributed by atoms with Gasteiger partial charge in [0.1, 0.15) is 15.7 Å². The first-order chi connectivity index (χ1) is 15.5. The van der Waals surface area contributed by atoms with Crippen LogP contribution in [0.15, 0.2) is 99.5 Å². The van der Waals surface area contributed by atoms with Crippen LogP contribution < -0.4 is 9.46 Å². The summed E-state index contributed by atoms with van der Waals surface area (Å²) in [4.78, 5) is 4.74. The normalized spacial score (nSPS) is 12.8.